The number of amides is 1. The summed E-state index contributed by atoms with van der Waals surface area (Å²) in [5.41, 5.74) is 6.51. The zero-order valence-corrected chi connectivity index (χ0v) is 9.57. The Morgan fingerprint density at radius 2 is 2.12 bits per heavy atom. The van der Waals surface area contributed by atoms with Crippen LogP contribution in [0.25, 0.3) is 11.0 Å². The van der Waals surface area contributed by atoms with Crippen molar-refractivity contribution in [3.8, 4) is 5.75 Å². The number of aromatic amines is 1. The first kappa shape index (κ1) is 12.0. The molecule has 0 saturated carbocycles. The second-order valence-corrected chi connectivity index (χ2v) is 2.83. The molecule has 0 aliphatic heterocycles. The minimum Gasteiger partial charge on any atom is -0.497 e. The van der Waals surface area contributed by atoms with E-state index in [9.17, 15) is 4.79 Å². The molecule has 0 aliphatic carbocycles. The smallest absolute Gasteiger partial charge is 0.284 e. The fourth-order valence-electron chi connectivity index (χ4n) is 1.23. The monoisotopic (exact) mass is 221 g/mol. The van der Waals surface area contributed by atoms with E-state index in [1.165, 1.54) is 0 Å². The summed E-state index contributed by atoms with van der Waals surface area (Å²) >= 11 is 0. The minimum absolute atomic E-state index is 0.160. The summed E-state index contributed by atoms with van der Waals surface area (Å²) in [7, 11) is 1.58. The number of carbonyl (C=O) groups excluding carboxylic acids is 1. The predicted molar refractivity (Wildman–Crippen MR) is 62.5 cm³/mol. The van der Waals surface area contributed by atoms with Crippen molar-refractivity contribution in [1.82, 2.24) is 9.97 Å². The summed E-state index contributed by atoms with van der Waals surface area (Å²) < 4.78 is 5.03. The molecule has 0 spiro atoms. The van der Waals surface area contributed by atoms with E-state index in [1.54, 1.807) is 25.3 Å². The molecule has 2 aromatic rings. The van der Waals surface area contributed by atoms with Crippen molar-refractivity contribution in [3.05, 3.63) is 24.0 Å². The number of nitrogens with zero attached hydrogens (tertiary/aromatic N) is 1. The standard InChI is InChI=1S/C9H9N3O2.C2H6/c1-14-5-2-3-6-7(4-5)12-9(11-6)8(10)13;1-2/h2-4H,1H3,(H2,10,13)(H,11,12);1-2H3. The molecule has 1 amide bonds. The number of aromatic nitrogens is 2. The van der Waals surface area contributed by atoms with E-state index in [-0.39, 0.29) is 5.82 Å². The Bertz CT molecular complexity index is 491. The van der Waals surface area contributed by atoms with E-state index in [2.05, 4.69) is 9.97 Å². The van der Waals surface area contributed by atoms with E-state index >= 15 is 0 Å². The number of H-pyrrole nitrogens is 1. The quantitative estimate of drug-likeness (QED) is 0.809. The van der Waals surface area contributed by atoms with Crippen LogP contribution in [0.3, 0.4) is 0 Å². The molecule has 2 rings (SSSR count). The van der Waals surface area contributed by atoms with Crippen LogP contribution in [-0.2, 0) is 0 Å². The molecule has 0 fully saturated rings. The molecular weight excluding hydrogens is 206 g/mol. The maximum Gasteiger partial charge on any atom is 0.284 e. The van der Waals surface area contributed by atoms with Crippen molar-refractivity contribution in [2.75, 3.05) is 7.11 Å². The zero-order valence-electron chi connectivity index (χ0n) is 9.57. The Hall–Kier alpha value is -2.04. The van der Waals surface area contributed by atoms with Gasteiger partial charge in [-0.3, -0.25) is 4.79 Å². The molecule has 5 heteroatoms. The van der Waals surface area contributed by atoms with Gasteiger partial charge in [0.2, 0.25) is 0 Å². The van der Waals surface area contributed by atoms with Crippen LogP contribution in [0, 0.1) is 0 Å². The topological polar surface area (TPSA) is 81.0 Å². The molecule has 1 aromatic heterocycles. The normalized spacial score (nSPS) is 9.44. The van der Waals surface area contributed by atoms with Gasteiger partial charge in [0.15, 0.2) is 5.82 Å². The highest BCUT2D eigenvalue weighted by molar-refractivity contribution is 5.93. The van der Waals surface area contributed by atoms with Crippen LogP contribution in [-0.4, -0.2) is 23.0 Å². The fourth-order valence-corrected chi connectivity index (χ4v) is 1.23. The lowest BCUT2D eigenvalue weighted by molar-refractivity contribution is 0.0991. The van der Waals surface area contributed by atoms with Crippen LogP contribution in [0.5, 0.6) is 5.75 Å². The highest BCUT2D eigenvalue weighted by atomic mass is 16.5. The van der Waals surface area contributed by atoms with Crippen molar-refractivity contribution in [3.63, 3.8) is 0 Å². The molecule has 0 aliphatic rings. The highest BCUT2D eigenvalue weighted by Gasteiger charge is 2.07. The Morgan fingerprint density at radius 3 is 2.69 bits per heavy atom. The third-order valence-corrected chi connectivity index (χ3v) is 1.92. The summed E-state index contributed by atoms with van der Waals surface area (Å²) in [5, 5.41) is 0. The molecule has 0 saturated heterocycles. The van der Waals surface area contributed by atoms with Crippen LogP contribution in [0.2, 0.25) is 0 Å². The van der Waals surface area contributed by atoms with Gasteiger partial charge in [-0.25, -0.2) is 4.98 Å². The first-order valence-corrected chi connectivity index (χ1v) is 5.04. The lowest BCUT2D eigenvalue weighted by atomic mass is 10.3. The van der Waals surface area contributed by atoms with Crippen molar-refractivity contribution in [1.29, 1.82) is 0 Å². The molecule has 86 valence electrons. The van der Waals surface area contributed by atoms with Crippen LogP contribution in [0.1, 0.15) is 24.5 Å². The van der Waals surface area contributed by atoms with E-state index in [0.717, 1.165) is 5.52 Å². The number of fused-ring (bicyclic) bond motifs is 1. The lowest BCUT2D eigenvalue weighted by Gasteiger charge is -1.96. The summed E-state index contributed by atoms with van der Waals surface area (Å²) in [4.78, 5) is 17.6. The Morgan fingerprint density at radius 1 is 1.44 bits per heavy atom. The average Bonchev–Trinajstić information content (AvgIpc) is 2.74. The molecule has 0 radical (unpaired) electrons. The summed E-state index contributed by atoms with van der Waals surface area (Å²) in [6, 6.07) is 5.29. The zero-order chi connectivity index (χ0) is 12.1. The van der Waals surface area contributed by atoms with Crippen molar-refractivity contribution in [2.24, 2.45) is 5.73 Å². The lowest BCUT2D eigenvalue weighted by Crippen LogP contribution is -2.12. The van der Waals surface area contributed by atoms with Crippen molar-refractivity contribution >= 4 is 16.9 Å². The van der Waals surface area contributed by atoms with Crippen LogP contribution in [0.15, 0.2) is 18.2 Å². The van der Waals surface area contributed by atoms with Crippen LogP contribution in [0.4, 0.5) is 0 Å². The van der Waals surface area contributed by atoms with Crippen molar-refractivity contribution in [2.45, 2.75) is 13.8 Å². The second-order valence-electron chi connectivity index (χ2n) is 2.83. The second kappa shape index (κ2) is 5.16. The number of carbonyl (C=O) groups is 1. The van der Waals surface area contributed by atoms with Crippen molar-refractivity contribution < 1.29 is 9.53 Å². The van der Waals surface area contributed by atoms with Gasteiger partial charge >= 0.3 is 0 Å². The molecule has 5 nitrogen and oxygen atoms in total. The number of methoxy groups -OCH3 is 1. The molecule has 16 heavy (non-hydrogen) atoms. The SMILES string of the molecule is CC.COc1ccc2nc(C(N)=O)[nH]c2c1. The molecule has 0 atom stereocenters. The maximum atomic E-state index is 10.8. The van der Waals surface area contributed by atoms with Gasteiger partial charge in [-0.05, 0) is 12.1 Å². The van der Waals surface area contributed by atoms with Gasteiger partial charge in [-0.2, -0.15) is 0 Å². The van der Waals surface area contributed by atoms with E-state index < -0.39 is 5.91 Å². The Labute approximate surface area is 93.6 Å². The number of primary amides is 1. The number of ether oxygens (including phenoxy) is 1. The highest BCUT2D eigenvalue weighted by Crippen LogP contribution is 2.18. The molecule has 1 heterocycles. The van der Waals surface area contributed by atoms with Crippen LogP contribution >= 0.6 is 0 Å². The molecule has 0 unspecified atom stereocenters. The van der Waals surface area contributed by atoms with Gasteiger partial charge in [-0.1, -0.05) is 13.8 Å². The number of imidazole rings is 1. The van der Waals surface area contributed by atoms with Gasteiger partial charge in [0.25, 0.3) is 5.91 Å². The number of nitrogens with two attached hydrogens (primary N) is 1. The van der Waals surface area contributed by atoms with Gasteiger partial charge in [0.1, 0.15) is 5.75 Å². The van der Waals surface area contributed by atoms with Crippen LogP contribution < -0.4 is 10.5 Å². The predicted octanol–water partition coefficient (Wildman–Crippen LogP) is 1.70. The number of hydrogen-bond donors (Lipinski definition) is 2. The third kappa shape index (κ3) is 2.31. The van der Waals surface area contributed by atoms with E-state index in [1.807, 2.05) is 13.8 Å². The van der Waals surface area contributed by atoms with E-state index in [0.29, 0.717) is 11.3 Å². The third-order valence-electron chi connectivity index (χ3n) is 1.92. The number of rotatable bonds is 2. The maximum absolute atomic E-state index is 10.8. The fraction of sp³-hybridized carbons (Fsp3) is 0.273. The molecule has 1 aromatic carbocycles. The molecular formula is C11H15N3O2. The molecule has 0 bridgehead atoms. The largest absolute Gasteiger partial charge is 0.497 e. The summed E-state index contributed by atoms with van der Waals surface area (Å²) in [6.45, 7) is 4.00. The van der Waals surface area contributed by atoms with Gasteiger partial charge in [0.05, 0.1) is 18.1 Å². The number of benzene rings is 1. The van der Waals surface area contributed by atoms with Gasteiger partial charge in [0, 0.05) is 6.07 Å². The first-order chi connectivity index (χ1) is 7.70. The Kier molecular flexibility index (Phi) is 3.88. The number of hydrogen-bond acceptors (Lipinski definition) is 3. The first-order valence-electron chi connectivity index (χ1n) is 5.04. The van der Waals surface area contributed by atoms with Gasteiger partial charge in [-0.15, -0.1) is 0 Å². The summed E-state index contributed by atoms with van der Waals surface area (Å²) in [5.74, 6) is 0.297. The van der Waals surface area contributed by atoms with E-state index in [4.69, 9.17) is 10.5 Å². The Balaban J connectivity index is 0.000000606. The molecule has 3 N–H and O–H groups in total. The average molecular weight is 221 g/mol. The number of nitrogens with one attached hydrogen (secondary N) is 1. The summed E-state index contributed by atoms with van der Waals surface area (Å²) in [6.07, 6.45) is 0. The minimum atomic E-state index is -0.569. The van der Waals surface area contributed by atoms with Gasteiger partial charge < -0.3 is 15.5 Å².